The van der Waals surface area contributed by atoms with Gasteiger partial charge in [-0.2, -0.15) is 16.1 Å². The maximum atomic E-state index is 12.9. The monoisotopic (exact) mass is 495 g/mol. The summed E-state index contributed by atoms with van der Waals surface area (Å²) >= 11 is 2.90. The van der Waals surface area contributed by atoms with Crippen molar-refractivity contribution < 1.29 is 22.7 Å². The highest BCUT2D eigenvalue weighted by Crippen LogP contribution is 2.34. The summed E-state index contributed by atoms with van der Waals surface area (Å²) in [4.78, 5) is 27.7. The summed E-state index contributed by atoms with van der Waals surface area (Å²) in [5, 5.41) is 2.84. The highest BCUT2D eigenvalue weighted by Gasteiger charge is 2.36. The summed E-state index contributed by atoms with van der Waals surface area (Å²) in [5.74, 6) is 1.35. The fourth-order valence-electron chi connectivity index (χ4n) is 3.75. The highest BCUT2D eigenvalue weighted by molar-refractivity contribution is 7.99. The molecule has 2 aliphatic heterocycles. The number of hydrogen-bond acceptors (Lipinski definition) is 7. The van der Waals surface area contributed by atoms with E-state index in [9.17, 15) is 18.0 Å². The molecule has 0 spiro atoms. The van der Waals surface area contributed by atoms with E-state index in [1.807, 2.05) is 0 Å². The second-order valence-corrected chi connectivity index (χ2v) is 12.3. The second kappa shape index (κ2) is 9.42. The van der Waals surface area contributed by atoms with E-state index in [1.165, 1.54) is 10.4 Å². The number of anilines is 2. The Balaban J connectivity index is 1.44. The molecule has 1 atom stereocenters. The van der Waals surface area contributed by atoms with Crippen LogP contribution in [0.2, 0.25) is 0 Å². The lowest BCUT2D eigenvalue weighted by Crippen LogP contribution is -2.37. The lowest BCUT2D eigenvalue weighted by molar-refractivity contribution is -0.122. The molecule has 2 aliphatic rings. The van der Waals surface area contributed by atoms with Gasteiger partial charge in [0.25, 0.3) is 10.0 Å². The van der Waals surface area contributed by atoms with Crippen LogP contribution in [0.4, 0.5) is 11.4 Å². The van der Waals surface area contributed by atoms with Crippen molar-refractivity contribution >= 4 is 56.3 Å². The largest absolute Gasteiger partial charge is 0.497 e. The van der Waals surface area contributed by atoms with Gasteiger partial charge >= 0.3 is 0 Å². The van der Waals surface area contributed by atoms with Crippen molar-refractivity contribution in [3.8, 4) is 5.75 Å². The number of thioether (sulfide) groups is 1. The number of nitrogens with one attached hydrogen (secondary N) is 1. The zero-order chi connectivity index (χ0) is 22.9. The maximum Gasteiger partial charge on any atom is 0.252 e. The third-order valence-corrected chi connectivity index (χ3v) is 9.94. The number of benzene rings is 1. The molecule has 0 unspecified atom stereocenters. The molecule has 2 aromatic rings. The highest BCUT2D eigenvalue weighted by atomic mass is 32.2. The van der Waals surface area contributed by atoms with Crippen LogP contribution in [0.5, 0.6) is 5.75 Å². The molecule has 0 saturated carbocycles. The van der Waals surface area contributed by atoms with E-state index in [0.717, 1.165) is 27.7 Å². The lowest BCUT2D eigenvalue weighted by atomic mass is 10.1. The summed E-state index contributed by atoms with van der Waals surface area (Å²) in [7, 11) is -1.99. The molecule has 0 radical (unpaired) electrons. The fraction of sp³-hybridized carbons (Fsp3) is 0.429. The van der Waals surface area contributed by atoms with E-state index in [2.05, 4.69) is 5.32 Å². The predicted octanol–water partition coefficient (Wildman–Crippen LogP) is 2.79. The maximum absolute atomic E-state index is 12.9. The van der Waals surface area contributed by atoms with Crippen molar-refractivity contribution in [1.29, 1.82) is 0 Å². The second-order valence-electron chi connectivity index (χ2n) is 7.64. The van der Waals surface area contributed by atoms with E-state index >= 15 is 0 Å². The van der Waals surface area contributed by atoms with Gasteiger partial charge in [-0.05, 0) is 37.3 Å². The molecule has 172 valence electrons. The average Bonchev–Trinajstić information content (AvgIpc) is 3.37. The van der Waals surface area contributed by atoms with Crippen molar-refractivity contribution in [1.82, 2.24) is 4.31 Å². The molecule has 1 N–H and O–H groups in total. The van der Waals surface area contributed by atoms with Gasteiger partial charge in [0.15, 0.2) is 0 Å². The first-order valence-corrected chi connectivity index (χ1v) is 13.6. The van der Waals surface area contributed by atoms with Gasteiger partial charge in [0.1, 0.15) is 9.96 Å². The molecule has 3 heterocycles. The van der Waals surface area contributed by atoms with Crippen molar-refractivity contribution in [3.05, 3.63) is 35.2 Å². The van der Waals surface area contributed by atoms with Crippen molar-refractivity contribution in [3.63, 3.8) is 0 Å². The molecule has 0 bridgehead atoms. The number of amides is 2. The van der Waals surface area contributed by atoms with Crippen LogP contribution in [0.25, 0.3) is 0 Å². The topological polar surface area (TPSA) is 96.0 Å². The van der Waals surface area contributed by atoms with Crippen LogP contribution in [-0.2, 0) is 19.6 Å². The number of methoxy groups -OCH3 is 1. The Hall–Kier alpha value is -2.08. The molecular weight excluding hydrogens is 470 g/mol. The SMILES string of the molecule is COc1ccc(N2C[C@@H](C(=O)Nc3cc(S(=O)(=O)N4CCSCC4)sc3C)CC2=O)cc1. The van der Waals surface area contributed by atoms with E-state index in [4.69, 9.17) is 4.74 Å². The minimum Gasteiger partial charge on any atom is -0.497 e. The van der Waals surface area contributed by atoms with Crippen molar-refractivity contribution in [2.24, 2.45) is 5.92 Å². The van der Waals surface area contributed by atoms with Gasteiger partial charge in [-0.1, -0.05) is 0 Å². The van der Waals surface area contributed by atoms with Gasteiger partial charge in [0.05, 0.1) is 18.7 Å². The first kappa shape index (κ1) is 23.1. The summed E-state index contributed by atoms with van der Waals surface area (Å²) in [6.07, 6.45) is 0.109. The molecule has 1 aromatic carbocycles. The third-order valence-electron chi connectivity index (χ3n) is 5.60. The number of aryl methyl sites for hydroxylation is 1. The van der Waals surface area contributed by atoms with Gasteiger partial charge in [0, 0.05) is 48.1 Å². The number of ether oxygens (including phenoxy) is 1. The molecule has 2 saturated heterocycles. The van der Waals surface area contributed by atoms with Crippen LogP contribution in [-0.4, -0.2) is 62.8 Å². The van der Waals surface area contributed by atoms with Crippen LogP contribution in [0.15, 0.2) is 34.5 Å². The molecule has 0 aliphatic carbocycles. The number of carbonyl (C=O) groups excluding carboxylic acids is 2. The summed E-state index contributed by atoms with van der Waals surface area (Å²) in [6, 6.07) is 8.65. The minimum absolute atomic E-state index is 0.109. The quantitative estimate of drug-likeness (QED) is 0.662. The first-order chi connectivity index (χ1) is 15.3. The standard InChI is InChI=1S/C21H25N3O5S3/c1-14-18(12-20(31-14)32(27,28)23-7-9-30-10-8-23)22-21(26)15-11-19(25)24(13-15)16-3-5-17(29-2)6-4-16/h3-6,12,15H,7-11,13H2,1-2H3,(H,22,26)/t15-/m0/s1. The van der Waals surface area contributed by atoms with Crippen LogP contribution >= 0.6 is 23.1 Å². The Kier molecular flexibility index (Phi) is 6.80. The fourth-order valence-corrected chi connectivity index (χ4v) is 7.88. The Morgan fingerprint density at radius 2 is 1.88 bits per heavy atom. The molecule has 2 amide bonds. The zero-order valence-corrected chi connectivity index (χ0v) is 20.3. The molecule has 4 rings (SSSR count). The van der Waals surface area contributed by atoms with Crippen LogP contribution in [0.3, 0.4) is 0 Å². The van der Waals surface area contributed by atoms with Gasteiger partial charge < -0.3 is 15.0 Å². The van der Waals surface area contributed by atoms with Crippen molar-refractivity contribution in [2.45, 2.75) is 17.6 Å². The molecule has 11 heteroatoms. The van der Waals surface area contributed by atoms with E-state index in [-0.39, 0.29) is 29.0 Å². The van der Waals surface area contributed by atoms with Gasteiger partial charge in [0.2, 0.25) is 11.8 Å². The smallest absolute Gasteiger partial charge is 0.252 e. The Bertz CT molecular complexity index is 1110. The summed E-state index contributed by atoms with van der Waals surface area (Å²) < 4.78 is 32.8. The van der Waals surface area contributed by atoms with E-state index in [1.54, 1.807) is 55.0 Å². The zero-order valence-electron chi connectivity index (χ0n) is 17.9. The normalized spacial score (nSPS) is 19.9. The number of sulfonamides is 1. The van der Waals surface area contributed by atoms with E-state index < -0.39 is 15.9 Å². The molecule has 8 nitrogen and oxygen atoms in total. The predicted molar refractivity (Wildman–Crippen MR) is 127 cm³/mol. The first-order valence-electron chi connectivity index (χ1n) is 10.2. The molecule has 2 fully saturated rings. The summed E-state index contributed by atoms with van der Waals surface area (Å²) in [6.45, 7) is 3.06. The molecular formula is C21H25N3O5S3. The van der Waals surface area contributed by atoms with Gasteiger partial charge in [-0.3, -0.25) is 9.59 Å². The Morgan fingerprint density at radius 3 is 2.53 bits per heavy atom. The number of thiophene rings is 1. The number of nitrogens with zero attached hydrogens (tertiary/aromatic N) is 2. The van der Waals surface area contributed by atoms with Gasteiger partial charge in [-0.25, -0.2) is 8.42 Å². The summed E-state index contributed by atoms with van der Waals surface area (Å²) in [5.41, 5.74) is 1.20. The van der Waals surface area contributed by atoms with E-state index in [0.29, 0.717) is 30.2 Å². The Morgan fingerprint density at radius 1 is 1.19 bits per heavy atom. The van der Waals surface area contributed by atoms with Crippen LogP contribution in [0, 0.1) is 12.8 Å². The molecule has 32 heavy (non-hydrogen) atoms. The lowest BCUT2D eigenvalue weighted by Gasteiger charge is -2.24. The van der Waals surface area contributed by atoms with Crippen molar-refractivity contribution in [2.75, 3.05) is 48.5 Å². The van der Waals surface area contributed by atoms with Crippen LogP contribution in [0.1, 0.15) is 11.3 Å². The average molecular weight is 496 g/mol. The number of rotatable bonds is 6. The number of hydrogen-bond donors (Lipinski definition) is 1. The Labute approximate surface area is 196 Å². The number of carbonyl (C=O) groups is 2. The minimum atomic E-state index is -3.56. The van der Waals surface area contributed by atoms with Gasteiger partial charge in [-0.15, -0.1) is 11.3 Å². The third kappa shape index (κ3) is 4.66. The van der Waals surface area contributed by atoms with Crippen LogP contribution < -0.4 is 15.0 Å². The molecule has 1 aromatic heterocycles.